The Labute approximate surface area is 93.6 Å². The number of ether oxygens (including phenoxy) is 2. The van der Waals surface area contributed by atoms with Crippen molar-refractivity contribution in [2.75, 3.05) is 20.8 Å². The molecule has 0 saturated carbocycles. The Morgan fingerprint density at radius 3 is 2.00 bits per heavy atom. The molecule has 0 heterocycles. The van der Waals surface area contributed by atoms with Crippen molar-refractivity contribution in [3.63, 3.8) is 0 Å². The van der Waals surface area contributed by atoms with E-state index < -0.39 is 6.16 Å². The van der Waals surface area contributed by atoms with Crippen LogP contribution in [0.3, 0.4) is 0 Å². The third-order valence-corrected chi connectivity index (χ3v) is 1.77. The Kier molecular flexibility index (Phi) is 17.3. The molecule has 13 heavy (non-hydrogen) atoms. The van der Waals surface area contributed by atoms with Gasteiger partial charge in [-0.15, -0.1) is 0 Å². The molecule has 0 saturated heterocycles. The minimum atomic E-state index is -0.657. The molecule has 0 amide bonds. The van der Waals surface area contributed by atoms with Gasteiger partial charge in [-0.25, -0.2) is 4.79 Å². The number of unbranched alkanes of at least 4 members (excludes halogenated alkanes) is 2. The maximum Gasteiger partial charge on any atom is 0.507 e. The molecule has 4 nitrogen and oxygen atoms in total. The molecular weight excluding hydrogens is 279 g/mol. The van der Waals surface area contributed by atoms with Crippen molar-refractivity contribution < 1.29 is 17.3 Å². The molecule has 0 aromatic carbocycles. The summed E-state index contributed by atoms with van der Waals surface area (Å²) in [5.74, 6) is 0. The first kappa shape index (κ1) is 15.5. The van der Waals surface area contributed by atoms with Crippen molar-refractivity contribution in [3.05, 3.63) is 0 Å². The summed E-state index contributed by atoms with van der Waals surface area (Å²) in [6.45, 7) is 3.16. The fourth-order valence-corrected chi connectivity index (χ4v) is 0.920. The van der Waals surface area contributed by atoms with Crippen LogP contribution in [0.15, 0.2) is 0 Å². The van der Waals surface area contributed by atoms with Crippen molar-refractivity contribution in [1.29, 1.82) is 0 Å². The van der Waals surface area contributed by atoms with Gasteiger partial charge in [0.05, 0.1) is 14.2 Å². The van der Waals surface area contributed by atoms with Gasteiger partial charge in [0.25, 0.3) is 0 Å². The van der Waals surface area contributed by atoms with Crippen LogP contribution in [0, 0.1) is 0 Å². The second-order valence-corrected chi connectivity index (χ2v) is 3.04. The van der Waals surface area contributed by atoms with E-state index in [1.165, 1.54) is 56.4 Å². The molecule has 0 N–H and O–H groups in total. The summed E-state index contributed by atoms with van der Waals surface area (Å²) in [5.41, 5.74) is 0. The van der Waals surface area contributed by atoms with E-state index in [9.17, 15) is 4.79 Å². The third kappa shape index (κ3) is 18.8. The van der Waals surface area contributed by atoms with Gasteiger partial charge in [0.2, 0.25) is 0 Å². The number of carbonyl (C=O) groups excluding carboxylic acids is 1. The van der Waals surface area contributed by atoms with Crippen molar-refractivity contribution in [2.45, 2.75) is 26.2 Å². The zero-order chi connectivity index (χ0) is 10.5. The molecule has 0 aliphatic rings. The normalized spacial score (nSPS) is 8.31. The second kappa shape index (κ2) is 14.5. The summed E-state index contributed by atoms with van der Waals surface area (Å²) in [5, 5.41) is 0. The number of carbonyl (C=O) groups is 1. The fraction of sp³-hybridized carbons (Fsp3) is 0.875. The first-order chi connectivity index (χ1) is 6.22. The molecule has 3 radical (unpaired) electrons. The second-order valence-electron chi connectivity index (χ2n) is 2.21. The van der Waals surface area contributed by atoms with Gasteiger partial charge in [-0.2, -0.15) is 0 Å². The molecular formula is C8H17O4Sn. The summed E-state index contributed by atoms with van der Waals surface area (Å²) in [6, 6.07) is 0. The number of rotatable bonds is 4. The van der Waals surface area contributed by atoms with E-state index in [0.717, 1.165) is 6.61 Å². The van der Waals surface area contributed by atoms with E-state index in [1.807, 2.05) is 0 Å². The molecule has 0 aromatic heterocycles. The van der Waals surface area contributed by atoms with Gasteiger partial charge in [-0.05, 0) is 0 Å². The van der Waals surface area contributed by atoms with Crippen LogP contribution in [0.1, 0.15) is 26.2 Å². The van der Waals surface area contributed by atoms with Crippen molar-refractivity contribution in [2.24, 2.45) is 0 Å². The van der Waals surface area contributed by atoms with Crippen LogP contribution in [0.5, 0.6) is 0 Å². The SMILES string of the molecule is CCCCC[O][Sn].COC(=O)OC. The van der Waals surface area contributed by atoms with E-state index in [0.29, 0.717) is 0 Å². The maximum absolute atomic E-state index is 9.74. The molecule has 0 unspecified atom stereocenters. The van der Waals surface area contributed by atoms with Crippen LogP contribution in [0.2, 0.25) is 0 Å². The van der Waals surface area contributed by atoms with Gasteiger partial charge < -0.3 is 9.47 Å². The predicted octanol–water partition coefficient (Wildman–Crippen LogP) is 1.68. The molecule has 0 spiro atoms. The largest absolute Gasteiger partial charge is 0.507 e. The van der Waals surface area contributed by atoms with Gasteiger partial charge in [-0.3, -0.25) is 0 Å². The molecule has 0 bridgehead atoms. The van der Waals surface area contributed by atoms with Crippen LogP contribution in [0.4, 0.5) is 4.79 Å². The van der Waals surface area contributed by atoms with Gasteiger partial charge in [0, 0.05) is 0 Å². The van der Waals surface area contributed by atoms with E-state index in [1.54, 1.807) is 0 Å². The quantitative estimate of drug-likeness (QED) is 0.450. The van der Waals surface area contributed by atoms with Crippen molar-refractivity contribution >= 4 is 29.1 Å². The van der Waals surface area contributed by atoms with E-state index in [4.69, 9.17) is 3.07 Å². The predicted molar refractivity (Wildman–Crippen MR) is 50.6 cm³/mol. The topological polar surface area (TPSA) is 44.8 Å². The first-order valence-corrected chi connectivity index (χ1v) is 5.29. The van der Waals surface area contributed by atoms with E-state index in [2.05, 4.69) is 16.4 Å². The van der Waals surface area contributed by atoms with Gasteiger partial charge in [0.15, 0.2) is 0 Å². The zero-order valence-electron chi connectivity index (χ0n) is 8.46. The minimum absolute atomic E-state index is 0.657. The summed E-state index contributed by atoms with van der Waals surface area (Å²) in [6.07, 6.45) is 3.19. The maximum atomic E-state index is 9.74. The summed E-state index contributed by atoms with van der Waals surface area (Å²) < 4.78 is 13.0. The summed E-state index contributed by atoms with van der Waals surface area (Å²) >= 11 is 1.20. The summed E-state index contributed by atoms with van der Waals surface area (Å²) in [4.78, 5) is 9.74. The number of hydrogen-bond acceptors (Lipinski definition) is 4. The molecule has 5 heteroatoms. The molecule has 0 fully saturated rings. The Morgan fingerprint density at radius 1 is 1.23 bits per heavy atom. The molecule has 0 rings (SSSR count). The fourth-order valence-electron chi connectivity index (χ4n) is 0.508. The van der Waals surface area contributed by atoms with Crippen LogP contribution in [0.25, 0.3) is 0 Å². The van der Waals surface area contributed by atoms with Crippen molar-refractivity contribution in [1.82, 2.24) is 0 Å². The average molecular weight is 296 g/mol. The Balaban J connectivity index is 0. The molecule has 77 valence electrons. The first-order valence-electron chi connectivity index (χ1n) is 4.13. The molecule has 0 atom stereocenters. The minimum Gasteiger partial charge on any atom is -0.438 e. The van der Waals surface area contributed by atoms with Crippen molar-refractivity contribution in [3.8, 4) is 0 Å². The van der Waals surface area contributed by atoms with Crippen LogP contribution in [-0.4, -0.2) is 49.9 Å². The number of hydrogen-bond donors (Lipinski definition) is 0. The standard InChI is InChI=1S/C5H11O.C3H6O3.Sn/c1-2-3-4-5-6;1-5-3(4)6-2;/h2-5H2,1H3;1-2H3;/q-1;;+1. The van der Waals surface area contributed by atoms with Crippen LogP contribution in [-0.2, 0) is 12.5 Å². The monoisotopic (exact) mass is 297 g/mol. The van der Waals surface area contributed by atoms with Crippen LogP contribution < -0.4 is 0 Å². The van der Waals surface area contributed by atoms with E-state index in [-0.39, 0.29) is 0 Å². The zero-order valence-corrected chi connectivity index (χ0v) is 11.3. The van der Waals surface area contributed by atoms with E-state index >= 15 is 0 Å². The summed E-state index contributed by atoms with van der Waals surface area (Å²) in [7, 11) is 2.51. The Morgan fingerprint density at radius 2 is 1.77 bits per heavy atom. The smallest absolute Gasteiger partial charge is 0.438 e. The average Bonchev–Trinajstić information content (AvgIpc) is 2.18. The van der Waals surface area contributed by atoms with Crippen LogP contribution >= 0.6 is 0 Å². The number of methoxy groups -OCH3 is 2. The van der Waals surface area contributed by atoms with Gasteiger partial charge in [-0.1, -0.05) is 0 Å². The Hall–Kier alpha value is 0.0287. The molecule has 0 aromatic rings. The third-order valence-electron chi connectivity index (χ3n) is 1.18. The Bertz CT molecular complexity index is 98.3. The van der Waals surface area contributed by atoms with Gasteiger partial charge in [0.1, 0.15) is 0 Å². The molecule has 0 aliphatic carbocycles. The van der Waals surface area contributed by atoms with Gasteiger partial charge >= 0.3 is 65.0 Å². The molecule has 0 aliphatic heterocycles.